The summed E-state index contributed by atoms with van der Waals surface area (Å²) in [6.45, 7) is 4.02. The van der Waals surface area contributed by atoms with Gasteiger partial charge in [0, 0.05) is 41.4 Å². The predicted octanol–water partition coefficient (Wildman–Crippen LogP) is 6.09. The van der Waals surface area contributed by atoms with Crippen LogP contribution in [0, 0.1) is 6.92 Å². The number of halogens is 1. The molecule has 2 fully saturated rings. The molecule has 8 nitrogen and oxygen atoms in total. The summed E-state index contributed by atoms with van der Waals surface area (Å²) in [5.74, 6) is 1.87. The van der Waals surface area contributed by atoms with Gasteiger partial charge in [0.1, 0.15) is 5.75 Å². The highest BCUT2D eigenvalue weighted by atomic mass is 35.5. The number of benzene rings is 2. The summed E-state index contributed by atoms with van der Waals surface area (Å²) in [5, 5.41) is 23.1. The van der Waals surface area contributed by atoms with Gasteiger partial charge in [-0.15, -0.1) is 12.4 Å². The second kappa shape index (κ2) is 12.8. The first-order valence-electron chi connectivity index (χ1n) is 14.1. The number of aliphatic hydroxyl groups excluding tert-OH is 1. The Kier molecular flexibility index (Phi) is 8.99. The average molecular weight is 561 g/mol. The van der Waals surface area contributed by atoms with Gasteiger partial charge < -0.3 is 25.8 Å². The molecular weight excluding hydrogens is 524 g/mol. The third kappa shape index (κ3) is 6.14. The van der Waals surface area contributed by atoms with Gasteiger partial charge in [0.25, 0.3) is 0 Å². The molecule has 1 aliphatic heterocycles. The second-order valence-corrected chi connectivity index (χ2v) is 10.6. The van der Waals surface area contributed by atoms with Crippen molar-refractivity contribution >= 4 is 34.8 Å². The normalized spacial score (nSPS) is 20.9. The maximum atomic E-state index is 10.5. The Morgan fingerprint density at radius 2 is 1.80 bits per heavy atom. The van der Waals surface area contributed by atoms with E-state index in [1.54, 1.807) is 12.4 Å². The molecule has 4 N–H and O–H groups in total. The van der Waals surface area contributed by atoms with Gasteiger partial charge in [0.05, 0.1) is 23.4 Å². The monoisotopic (exact) mass is 560 g/mol. The number of hydrogen-bond donors (Lipinski definition) is 4. The molecule has 2 aromatic carbocycles. The maximum absolute atomic E-state index is 10.5. The predicted molar refractivity (Wildman–Crippen MR) is 163 cm³/mol. The number of piperidine rings is 1. The van der Waals surface area contributed by atoms with Crippen LogP contribution >= 0.6 is 12.4 Å². The van der Waals surface area contributed by atoms with Gasteiger partial charge in [-0.05, 0) is 69.0 Å². The molecule has 9 heteroatoms. The first-order valence-corrected chi connectivity index (χ1v) is 14.1. The molecule has 4 aromatic rings. The molecule has 0 amide bonds. The number of rotatable bonds is 7. The lowest BCUT2D eigenvalue weighted by Gasteiger charge is -2.29. The summed E-state index contributed by atoms with van der Waals surface area (Å²) >= 11 is 0. The number of hydrogen-bond acceptors (Lipinski definition) is 8. The van der Waals surface area contributed by atoms with Gasteiger partial charge in [0.2, 0.25) is 11.8 Å². The van der Waals surface area contributed by atoms with Crippen LogP contribution < -0.4 is 20.7 Å². The van der Waals surface area contributed by atoms with Crippen LogP contribution in [0.15, 0.2) is 60.9 Å². The fourth-order valence-electron chi connectivity index (χ4n) is 5.68. The van der Waals surface area contributed by atoms with Crippen LogP contribution in [-0.4, -0.2) is 51.3 Å². The smallest absolute Gasteiger partial charge is 0.228 e. The highest BCUT2D eigenvalue weighted by Gasteiger charge is 2.24. The van der Waals surface area contributed by atoms with Crippen LogP contribution in [0.4, 0.5) is 11.6 Å². The number of pyridine rings is 1. The van der Waals surface area contributed by atoms with Crippen molar-refractivity contribution in [2.24, 2.45) is 0 Å². The molecule has 1 unspecified atom stereocenters. The molecular formula is C31H37ClN6O2. The third-order valence-electron chi connectivity index (χ3n) is 7.81. The van der Waals surface area contributed by atoms with Gasteiger partial charge in [0.15, 0.2) is 0 Å². The van der Waals surface area contributed by atoms with Crippen molar-refractivity contribution in [1.29, 1.82) is 0 Å². The highest BCUT2D eigenvalue weighted by Crippen LogP contribution is 2.39. The van der Waals surface area contributed by atoms with E-state index < -0.39 is 0 Å². The van der Waals surface area contributed by atoms with E-state index in [1.807, 2.05) is 31.2 Å². The Bertz CT molecular complexity index is 1440. The van der Waals surface area contributed by atoms with Gasteiger partial charge in [-0.3, -0.25) is 0 Å². The summed E-state index contributed by atoms with van der Waals surface area (Å²) < 4.78 is 6.58. The van der Waals surface area contributed by atoms with E-state index in [4.69, 9.17) is 9.72 Å². The largest absolute Gasteiger partial charge is 0.437 e. The van der Waals surface area contributed by atoms with E-state index in [9.17, 15) is 5.11 Å². The van der Waals surface area contributed by atoms with Crippen molar-refractivity contribution in [1.82, 2.24) is 20.3 Å². The quantitative estimate of drug-likeness (QED) is 0.215. The molecule has 3 atom stereocenters. The first kappa shape index (κ1) is 28.1. The van der Waals surface area contributed by atoms with Crippen LogP contribution in [0.1, 0.15) is 44.1 Å². The van der Waals surface area contributed by atoms with Crippen LogP contribution in [-0.2, 0) is 0 Å². The number of aliphatic hydroxyl groups is 1. The van der Waals surface area contributed by atoms with Crippen LogP contribution in [0.5, 0.6) is 11.6 Å². The number of aryl methyl sites for hydroxylation is 1. The Balaban J connectivity index is 0.00000323. The Hall–Kier alpha value is -3.46. The summed E-state index contributed by atoms with van der Waals surface area (Å²) in [4.78, 5) is 13.9. The summed E-state index contributed by atoms with van der Waals surface area (Å²) in [5.41, 5.74) is 3.59. The molecule has 2 aliphatic rings. The Morgan fingerprint density at radius 1 is 0.900 bits per heavy atom. The summed E-state index contributed by atoms with van der Waals surface area (Å²) in [6, 6.07) is 16.5. The third-order valence-corrected chi connectivity index (χ3v) is 7.81. The molecule has 210 valence electrons. The minimum absolute atomic E-state index is 0. The van der Waals surface area contributed by atoms with Crippen LogP contribution in [0.2, 0.25) is 0 Å². The number of fused-ring (bicyclic) bond motifs is 1. The average Bonchev–Trinajstić information content (AvgIpc) is 2.97. The van der Waals surface area contributed by atoms with Crippen molar-refractivity contribution in [3.8, 4) is 22.9 Å². The summed E-state index contributed by atoms with van der Waals surface area (Å²) in [7, 11) is 0. The topological polar surface area (TPSA) is 104 Å². The van der Waals surface area contributed by atoms with Gasteiger partial charge in [-0.1, -0.05) is 37.1 Å². The lowest BCUT2D eigenvalue weighted by Crippen LogP contribution is -2.38. The maximum Gasteiger partial charge on any atom is 0.228 e. The molecule has 0 spiro atoms. The van der Waals surface area contributed by atoms with Crippen molar-refractivity contribution in [3.63, 3.8) is 0 Å². The number of nitrogens with zero attached hydrogens (tertiary/aromatic N) is 3. The Labute approximate surface area is 241 Å². The van der Waals surface area contributed by atoms with E-state index in [-0.39, 0.29) is 24.6 Å². The van der Waals surface area contributed by atoms with Gasteiger partial charge >= 0.3 is 0 Å². The molecule has 0 radical (unpaired) electrons. The standard InChI is InChI=1S/C31H36N6O2.ClH/c1-20-13-14-22-23(8-4-11-25(22)36-27-10-2-3-12-28(27)38)29(20)39-30-24(9-6-17-33-30)26-15-18-34-31(37-26)35-21-7-5-16-32-19-21;/h4,6,8-9,11,13-15,17-18,21,27-28,32,36,38H,2-3,5,7,10,12,16,19H2,1H3,(H,34,35,37);1H/t21?,27-,28-;/m1./s1. The lowest BCUT2D eigenvalue weighted by atomic mass is 9.92. The van der Waals surface area contributed by atoms with E-state index >= 15 is 0 Å². The highest BCUT2D eigenvalue weighted by molar-refractivity contribution is 5.98. The fraction of sp³-hybridized carbons (Fsp3) is 0.387. The molecule has 2 aromatic heterocycles. The van der Waals surface area contributed by atoms with Crippen molar-refractivity contribution < 1.29 is 9.84 Å². The number of nitrogens with one attached hydrogen (secondary N) is 3. The summed E-state index contributed by atoms with van der Waals surface area (Å²) in [6.07, 6.45) is 9.46. The minimum Gasteiger partial charge on any atom is -0.437 e. The molecule has 3 heterocycles. The zero-order chi connectivity index (χ0) is 26.6. The van der Waals surface area contributed by atoms with Crippen molar-refractivity contribution in [3.05, 3.63) is 66.5 Å². The molecule has 40 heavy (non-hydrogen) atoms. The number of ether oxygens (including phenoxy) is 1. The molecule has 1 saturated heterocycles. The van der Waals surface area contributed by atoms with Crippen molar-refractivity contribution in [2.75, 3.05) is 23.7 Å². The minimum atomic E-state index is -0.326. The zero-order valence-corrected chi connectivity index (χ0v) is 23.6. The molecule has 1 saturated carbocycles. The van der Waals surface area contributed by atoms with Gasteiger partial charge in [-0.2, -0.15) is 0 Å². The number of anilines is 2. The fourth-order valence-corrected chi connectivity index (χ4v) is 5.68. The lowest BCUT2D eigenvalue weighted by molar-refractivity contribution is 0.116. The Morgan fingerprint density at radius 3 is 2.65 bits per heavy atom. The molecule has 1 aliphatic carbocycles. The molecule has 0 bridgehead atoms. The zero-order valence-electron chi connectivity index (χ0n) is 22.8. The first-order chi connectivity index (χ1) is 19.2. The van der Waals surface area contributed by atoms with Gasteiger partial charge in [-0.25, -0.2) is 15.0 Å². The van der Waals surface area contributed by atoms with E-state index in [0.717, 1.165) is 90.6 Å². The van der Waals surface area contributed by atoms with E-state index in [2.05, 4.69) is 50.2 Å². The SMILES string of the molecule is Cc1ccc2c(N[C@@H]3CCCC[C@H]3O)cccc2c1Oc1ncccc1-c1ccnc(NC2CCCNC2)n1.Cl. The number of aromatic nitrogens is 3. The second-order valence-electron chi connectivity index (χ2n) is 10.6. The van der Waals surface area contributed by atoms with E-state index in [0.29, 0.717) is 17.9 Å². The van der Waals surface area contributed by atoms with Crippen molar-refractivity contribution in [2.45, 2.75) is 63.6 Å². The van der Waals surface area contributed by atoms with Crippen LogP contribution in [0.25, 0.3) is 22.0 Å². The van der Waals surface area contributed by atoms with Crippen LogP contribution in [0.3, 0.4) is 0 Å². The van der Waals surface area contributed by atoms with E-state index in [1.165, 1.54) is 0 Å². The molecule has 6 rings (SSSR count).